The summed E-state index contributed by atoms with van der Waals surface area (Å²) < 4.78 is 25.9. The largest absolute Gasteiger partial charge is 0.317 e. The predicted octanol–water partition coefficient (Wildman–Crippen LogP) is 0.800. The predicted molar refractivity (Wildman–Crippen MR) is 64.8 cm³/mol. The molecule has 0 amide bonds. The first-order valence-corrected chi connectivity index (χ1v) is 7.87. The van der Waals surface area contributed by atoms with E-state index in [9.17, 15) is 8.42 Å². The zero-order valence-corrected chi connectivity index (χ0v) is 10.8. The van der Waals surface area contributed by atoms with Crippen molar-refractivity contribution in [1.82, 2.24) is 9.62 Å². The highest BCUT2D eigenvalue weighted by Gasteiger charge is 2.32. The van der Waals surface area contributed by atoms with Gasteiger partial charge in [-0.2, -0.15) is 0 Å². The first-order chi connectivity index (χ1) is 7.59. The first kappa shape index (κ1) is 12.3. The van der Waals surface area contributed by atoms with Crippen LogP contribution in [0.2, 0.25) is 0 Å². The zero-order valence-electron chi connectivity index (χ0n) is 9.98. The lowest BCUT2D eigenvalue weighted by Gasteiger charge is -2.35. The minimum absolute atomic E-state index is 0.284. The van der Waals surface area contributed by atoms with Crippen LogP contribution in [0.4, 0.5) is 0 Å². The summed E-state index contributed by atoms with van der Waals surface area (Å²) >= 11 is 0. The highest BCUT2D eigenvalue weighted by Crippen LogP contribution is 2.27. The summed E-state index contributed by atoms with van der Waals surface area (Å²) in [5, 5.41) is 3.27. The molecular formula is C11H22N2O2S. The van der Waals surface area contributed by atoms with Gasteiger partial charge >= 0.3 is 0 Å². The minimum Gasteiger partial charge on any atom is -0.317 e. The second-order valence-electron chi connectivity index (χ2n) is 5.07. The van der Waals surface area contributed by atoms with Crippen molar-refractivity contribution in [3.05, 3.63) is 0 Å². The van der Waals surface area contributed by atoms with Crippen LogP contribution in [0, 0.1) is 5.92 Å². The number of nitrogens with one attached hydrogen (secondary N) is 1. The Morgan fingerprint density at radius 3 is 2.31 bits per heavy atom. The van der Waals surface area contributed by atoms with E-state index in [1.165, 1.54) is 6.42 Å². The van der Waals surface area contributed by atoms with Crippen molar-refractivity contribution in [2.45, 2.75) is 38.1 Å². The number of hydrogen-bond acceptors (Lipinski definition) is 3. The maximum Gasteiger partial charge on any atom is 0.214 e. The molecule has 1 aliphatic carbocycles. The Hall–Kier alpha value is -0.130. The molecule has 0 spiro atoms. The van der Waals surface area contributed by atoms with Gasteiger partial charge in [0.05, 0.1) is 5.75 Å². The fourth-order valence-corrected chi connectivity index (χ4v) is 4.27. The molecule has 0 aromatic heterocycles. The molecule has 5 heteroatoms. The van der Waals surface area contributed by atoms with Crippen molar-refractivity contribution in [1.29, 1.82) is 0 Å². The van der Waals surface area contributed by atoms with Crippen molar-refractivity contribution in [2.24, 2.45) is 5.92 Å². The quantitative estimate of drug-likeness (QED) is 0.798. The third-order valence-electron chi connectivity index (χ3n) is 3.93. The molecule has 0 atom stereocenters. The molecule has 0 unspecified atom stereocenters. The topological polar surface area (TPSA) is 49.4 Å². The summed E-state index contributed by atoms with van der Waals surface area (Å²) in [5.41, 5.74) is 0. The Bertz CT molecular complexity index is 319. The second-order valence-corrected chi connectivity index (χ2v) is 7.15. The van der Waals surface area contributed by atoms with Crippen LogP contribution in [0.3, 0.4) is 0 Å². The Balaban J connectivity index is 1.90. The van der Waals surface area contributed by atoms with E-state index < -0.39 is 10.0 Å². The molecular weight excluding hydrogens is 224 g/mol. The van der Waals surface area contributed by atoms with Crippen LogP contribution in [0.15, 0.2) is 0 Å². The molecule has 1 N–H and O–H groups in total. The fraction of sp³-hybridized carbons (Fsp3) is 1.00. The third-order valence-corrected chi connectivity index (χ3v) is 6.00. The highest BCUT2D eigenvalue weighted by molar-refractivity contribution is 7.89. The van der Waals surface area contributed by atoms with E-state index in [1.54, 1.807) is 11.4 Å². The molecule has 4 nitrogen and oxygen atoms in total. The monoisotopic (exact) mass is 246 g/mol. The standard InChI is InChI=1S/C11H22N2O2S/c1-13(11-3-2-4-11)16(14,15)9-10-5-7-12-8-6-10/h10-12H,2-9H2,1H3. The Kier molecular flexibility index (Phi) is 3.87. The average Bonchev–Trinajstić information content (AvgIpc) is 2.15. The number of nitrogens with zero attached hydrogens (tertiary/aromatic N) is 1. The Labute approximate surface area is 98.4 Å². The minimum atomic E-state index is -3.01. The third kappa shape index (κ3) is 2.76. The van der Waals surface area contributed by atoms with E-state index in [0.717, 1.165) is 38.8 Å². The lowest BCUT2D eigenvalue weighted by atomic mass is 9.93. The van der Waals surface area contributed by atoms with Gasteiger partial charge in [0.1, 0.15) is 0 Å². The fourth-order valence-electron chi connectivity index (χ4n) is 2.44. The summed E-state index contributed by atoms with van der Waals surface area (Å²) in [5.74, 6) is 0.704. The van der Waals surface area contributed by atoms with Gasteiger partial charge in [0.25, 0.3) is 0 Å². The number of rotatable bonds is 4. The summed E-state index contributed by atoms with van der Waals surface area (Å²) in [7, 11) is -1.26. The smallest absolute Gasteiger partial charge is 0.214 e. The average molecular weight is 246 g/mol. The van der Waals surface area contributed by atoms with Crippen LogP contribution in [0.25, 0.3) is 0 Å². The maximum atomic E-state index is 12.1. The van der Waals surface area contributed by atoms with Gasteiger partial charge in [-0.15, -0.1) is 0 Å². The van der Waals surface area contributed by atoms with Crippen molar-refractivity contribution in [2.75, 3.05) is 25.9 Å². The molecule has 0 aromatic carbocycles. The number of hydrogen-bond donors (Lipinski definition) is 1. The van der Waals surface area contributed by atoms with Gasteiger partial charge in [-0.1, -0.05) is 6.42 Å². The van der Waals surface area contributed by atoms with Gasteiger partial charge in [-0.25, -0.2) is 12.7 Å². The lowest BCUT2D eigenvalue weighted by Crippen LogP contribution is -2.44. The maximum absolute atomic E-state index is 12.1. The molecule has 0 bridgehead atoms. The highest BCUT2D eigenvalue weighted by atomic mass is 32.2. The molecule has 2 fully saturated rings. The molecule has 1 saturated carbocycles. The molecule has 1 heterocycles. The van der Waals surface area contributed by atoms with E-state index in [4.69, 9.17) is 0 Å². The molecule has 94 valence electrons. The van der Waals surface area contributed by atoms with Crippen LogP contribution < -0.4 is 5.32 Å². The van der Waals surface area contributed by atoms with Crippen LogP contribution >= 0.6 is 0 Å². The molecule has 16 heavy (non-hydrogen) atoms. The van der Waals surface area contributed by atoms with E-state index in [2.05, 4.69) is 5.32 Å². The first-order valence-electron chi connectivity index (χ1n) is 6.26. The summed E-state index contributed by atoms with van der Waals surface area (Å²) in [6, 6.07) is 0.284. The van der Waals surface area contributed by atoms with Gasteiger partial charge < -0.3 is 5.32 Å². The van der Waals surface area contributed by atoms with Crippen LogP contribution in [0.1, 0.15) is 32.1 Å². The molecule has 2 rings (SSSR count). The lowest BCUT2D eigenvalue weighted by molar-refractivity contribution is 0.247. The van der Waals surface area contributed by atoms with Crippen molar-refractivity contribution < 1.29 is 8.42 Å². The molecule has 0 aromatic rings. The van der Waals surface area contributed by atoms with E-state index in [1.807, 2.05) is 0 Å². The molecule has 1 saturated heterocycles. The summed E-state index contributed by atoms with van der Waals surface area (Å²) in [4.78, 5) is 0. The Morgan fingerprint density at radius 2 is 1.81 bits per heavy atom. The zero-order chi connectivity index (χ0) is 11.6. The van der Waals surface area contributed by atoms with Crippen LogP contribution in [-0.2, 0) is 10.0 Å². The normalized spacial score (nSPS) is 24.6. The van der Waals surface area contributed by atoms with Gasteiger partial charge in [0, 0.05) is 13.1 Å². The molecule has 1 aliphatic heterocycles. The molecule has 0 radical (unpaired) electrons. The summed E-state index contributed by atoms with van der Waals surface area (Å²) in [6.45, 7) is 1.93. The SMILES string of the molecule is CN(C1CCC1)S(=O)(=O)CC1CCNCC1. The second kappa shape index (κ2) is 5.02. The van der Waals surface area contributed by atoms with Gasteiger partial charge in [0.2, 0.25) is 10.0 Å². The van der Waals surface area contributed by atoms with E-state index in [0.29, 0.717) is 11.7 Å². The van der Waals surface area contributed by atoms with Crippen molar-refractivity contribution >= 4 is 10.0 Å². The number of piperidine rings is 1. The van der Waals surface area contributed by atoms with Gasteiger partial charge in [-0.3, -0.25) is 0 Å². The number of sulfonamides is 1. The van der Waals surface area contributed by atoms with Crippen LogP contribution in [-0.4, -0.2) is 44.7 Å². The van der Waals surface area contributed by atoms with Gasteiger partial charge in [0.15, 0.2) is 0 Å². The molecule has 2 aliphatic rings. The van der Waals surface area contributed by atoms with Crippen molar-refractivity contribution in [3.8, 4) is 0 Å². The van der Waals surface area contributed by atoms with E-state index in [-0.39, 0.29) is 6.04 Å². The van der Waals surface area contributed by atoms with Crippen LogP contribution in [0.5, 0.6) is 0 Å². The van der Waals surface area contributed by atoms with E-state index >= 15 is 0 Å². The Morgan fingerprint density at radius 1 is 1.19 bits per heavy atom. The summed E-state index contributed by atoms with van der Waals surface area (Å²) in [6.07, 6.45) is 5.26. The van der Waals surface area contributed by atoms with Crippen molar-refractivity contribution in [3.63, 3.8) is 0 Å². The van der Waals surface area contributed by atoms with Gasteiger partial charge in [-0.05, 0) is 44.7 Å².